The van der Waals surface area contributed by atoms with Crippen LogP contribution < -0.4 is 10.6 Å². The number of nitrogens with one attached hydrogen (secondary N) is 2. The van der Waals surface area contributed by atoms with Gasteiger partial charge in [0, 0.05) is 32.8 Å². The van der Waals surface area contributed by atoms with Crippen LogP contribution in [0.1, 0.15) is 12.8 Å². The summed E-state index contributed by atoms with van der Waals surface area (Å²) in [7, 11) is 0. The highest BCUT2D eigenvalue weighted by Gasteiger charge is 2.17. The third kappa shape index (κ3) is 3.20. The van der Waals surface area contributed by atoms with Crippen LogP contribution in [0.15, 0.2) is 0 Å². The van der Waals surface area contributed by atoms with Crippen LogP contribution in [-0.2, 0) is 9.47 Å². The fourth-order valence-corrected chi connectivity index (χ4v) is 1.96. The maximum absolute atomic E-state index is 5.58. The molecule has 0 radical (unpaired) electrons. The quantitative estimate of drug-likeness (QED) is 0.656. The second kappa shape index (κ2) is 5.66. The first-order chi connectivity index (χ1) is 6.95. The minimum Gasteiger partial charge on any atom is -0.377 e. The van der Waals surface area contributed by atoms with Gasteiger partial charge < -0.3 is 20.1 Å². The summed E-state index contributed by atoms with van der Waals surface area (Å²) in [5, 5.41) is 6.72. The van der Waals surface area contributed by atoms with Gasteiger partial charge in [0.05, 0.1) is 18.8 Å². The molecule has 0 spiro atoms. The molecule has 0 aromatic carbocycles. The predicted molar refractivity (Wildman–Crippen MR) is 54.5 cm³/mol. The zero-order valence-corrected chi connectivity index (χ0v) is 8.63. The van der Waals surface area contributed by atoms with E-state index in [4.69, 9.17) is 9.47 Å². The summed E-state index contributed by atoms with van der Waals surface area (Å²) in [5.41, 5.74) is 0. The third-order valence-electron chi connectivity index (χ3n) is 2.77. The zero-order chi connectivity index (χ0) is 9.64. The van der Waals surface area contributed by atoms with Crippen molar-refractivity contribution < 1.29 is 9.47 Å². The van der Waals surface area contributed by atoms with Gasteiger partial charge in [-0.3, -0.25) is 0 Å². The van der Waals surface area contributed by atoms with E-state index in [0.29, 0.717) is 12.2 Å². The Bertz CT molecular complexity index is 154. The summed E-state index contributed by atoms with van der Waals surface area (Å²) in [6, 6.07) is 0. The van der Waals surface area contributed by atoms with Crippen molar-refractivity contribution in [3.8, 4) is 0 Å². The maximum atomic E-state index is 5.58. The van der Waals surface area contributed by atoms with Crippen molar-refractivity contribution in [2.24, 2.45) is 0 Å². The van der Waals surface area contributed by atoms with Gasteiger partial charge in [0.25, 0.3) is 0 Å². The fraction of sp³-hybridized carbons (Fsp3) is 1.00. The van der Waals surface area contributed by atoms with Crippen LogP contribution in [0.5, 0.6) is 0 Å². The molecule has 0 aromatic heterocycles. The molecule has 2 saturated heterocycles. The standard InChI is InChI=1S/C10H20N2O2/c1-2-9(13-4-1)6-12-8-10-7-11-3-5-14-10/h9-12H,1-8H2. The van der Waals surface area contributed by atoms with E-state index in [9.17, 15) is 0 Å². The van der Waals surface area contributed by atoms with E-state index in [1.54, 1.807) is 0 Å². The molecule has 2 unspecified atom stereocenters. The average Bonchev–Trinajstić information content (AvgIpc) is 2.72. The summed E-state index contributed by atoms with van der Waals surface area (Å²) in [6.07, 6.45) is 3.20. The highest BCUT2D eigenvalue weighted by molar-refractivity contribution is 4.72. The van der Waals surface area contributed by atoms with E-state index in [1.165, 1.54) is 12.8 Å². The number of ether oxygens (including phenoxy) is 2. The molecule has 2 aliphatic rings. The molecular weight excluding hydrogens is 180 g/mol. The van der Waals surface area contributed by atoms with E-state index in [2.05, 4.69) is 10.6 Å². The average molecular weight is 200 g/mol. The fourth-order valence-electron chi connectivity index (χ4n) is 1.96. The largest absolute Gasteiger partial charge is 0.377 e. The van der Waals surface area contributed by atoms with Crippen molar-refractivity contribution in [2.75, 3.05) is 39.4 Å². The van der Waals surface area contributed by atoms with Crippen molar-refractivity contribution in [1.82, 2.24) is 10.6 Å². The molecule has 82 valence electrons. The van der Waals surface area contributed by atoms with Crippen molar-refractivity contribution >= 4 is 0 Å². The number of morpholine rings is 1. The molecule has 0 aromatic rings. The minimum absolute atomic E-state index is 0.338. The van der Waals surface area contributed by atoms with Crippen LogP contribution in [0, 0.1) is 0 Å². The van der Waals surface area contributed by atoms with Gasteiger partial charge in [-0.2, -0.15) is 0 Å². The van der Waals surface area contributed by atoms with E-state index in [-0.39, 0.29) is 0 Å². The number of rotatable bonds is 4. The third-order valence-corrected chi connectivity index (χ3v) is 2.77. The van der Waals surface area contributed by atoms with E-state index < -0.39 is 0 Å². The Hall–Kier alpha value is -0.160. The Morgan fingerprint density at radius 3 is 2.71 bits per heavy atom. The molecule has 2 fully saturated rings. The zero-order valence-electron chi connectivity index (χ0n) is 8.63. The van der Waals surface area contributed by atoms with Gasteiger partial charge in [-0.05, 0) is 12.8 Å². The molecule has 2 atom stereocenters. The normalized spacial score (nSPS) is 33.4. The van der Waals surface area contributed by atoms with Crippen molar-refractivity contribution in [2.45, 2.75) is 25.0 Å². The van der Waals surface area contributed by atoms with Crippen LogP contribution in [0.2, 0.25) is 0 Å². The van der Waals surface area contributed by atoms with Crippen LogP contribution in [0.4, 0.5) is 0 Å². The molecule has 0 aliphatic carbocycles. The highest BCUT2D eigenvalue weighted by Crippen LogP contribution is 2.10. The van der Waals surface area contributed by atoms with Gasteiger partial charge in [0.1, 0.15) is 0 Å². The molecule has 0 bridgehead atoms. The topological polar surface area (TPSA) is 42.5 Å². The molecule has 4 nitrogen and oxygen atoms in total. The van der Waals surface area contributed by atoms with Crippen LogP contribution in [-0.4, -0.2) is 51.6 Å². The first-order valence-corrected chi connectivity index (χ1v) is 5.60. The first-order valence-electron chi connectivity index (χ1n) is 5.60. The molecule has 2 N–H and O–H groups in total. The Kier molecular flexibility index (Phi) is 4.19. The minimum atomic E-state index is 0.338. The van der Waals surface area contributed by atoms with Gasteiger partial charge in [-0.15, -0.1) is 0 Å². The summed E-state index contributed by atoms with van der Waals surface area (Å²) >= 11 is 0. The lowest BCUT2D eigenvalue weighted by Gasteiger charge is -2.24. The molecule has 4 heteroatoms. The molecule has 2 aliphatic heterocycles. The van der Waals surface area contributed by atoms with Gasteiger partial charge in [0.2, 0.25) is 0 Å². The van der Waals surface area contributed by atoms with E-state index in [0.717, 1.165) is 39.4 Å². The SMILES string of the molecule is C1COC(CNCC2CNCCO2)C1. The first kappa shape index (κ1) is 10.4. The van der Waals surface area contributed by atoms with Crippen LogP contribution >= 0.6 is 0 Å². The molecule has 2 rings (SSSR count). The van der Waals surface area contributed by atoms with Crippen molar-refractivity contribution in [3.63, 3.8) is 0 Å². The maximum Gasteiger partial charge on any atom is 0.0824 e. The highest BCUT2D eigenvalue weighted by atomic mass is 16.5. The second-order valence-electron chi connectivity index (χ2n) is 3.99. The van der Waals surface area contributed by atoms with Crippen molar-refractivity contribution in [1.29, 1.82) is 0 Å². The molecule has 0 saturated carbocycles. The van der Waals surface area contributed by atoms with Gasteiger partial charge in [0.15, 0.2) is 0 Å². The monoisotopic (exact) mass is 200 g/mol. The summed E-state index contributed by atoms with van der Waals surface area (Å²) < 4.78 is 11.1. The van der Waals surface area contributed by atoms with E-state index >= 15 is 0 Å². The molecular formula is C10H20N2O2. The number of hydrogen-bond donors (Lipinski definition) is 2. The molecule has 2 heterocycles. The second-order valence-corrected chi connectivity index (χ2v) is 3.99. The van der Waals surface area contributed by atoms with Gasteiger partial charge >= 0.3 is 0 Å². The smallest absolute Gasteiger partial charge is 0.0824 e. The lowest BCUT2D eigenvalue weighted by Crippen LogP contribution is -2.45. The summed E-state index contributed by atoms with van der Waals surface area (Å²) in [5.74, 6) is 0. The van der Waals surface area contributed by atoms with Gasteiger partial charge in [-0.1, -0.05) is 0 Å². The number of hydrogen-bond acceptors (Lipinski definition) is 4. The van der Waals surface area contributed by atoms with Crippen LogP contribution in [0.3, 0.4) is 0 Å². The predicted octanol–water partition coefficient (Wildman–Crippen LogP) is -0.257. The van der Waals surface area contributed by atoms with Crippen molar-refractivity contribution in [3.05, 3.63) is 0 Å². The summed E-state index contributed by atoms with van der Waals surface area (Å²) in [4.78, 5) is 0. The molecule has 0 amide bonds. The van der Waals surface area contributed by atoms with Gasteiger partial charge in [-0.25, -0.2) is 0 Å². The van der Waals surface area contributed by atoms with E-state index in [1.807, 2.05) is 0 Å². The Balaban J connectivity index is 1.52. The molecule has 14 heavy (non-hydrogen) atoms. The Morgan fingerprint density at radius 2 is 2.00 bits per heavy atom. The summed E-state index contributed by atoms with van der Waals surface area (Å²) in [6.45, 7) is 5.65. The lowest BCUT2D eigenvalue weighted by atomic mass is 10.2. The Labute approximate surface area is 85.3 Å². The Morgan fingerprint density at radius 1 is 1.14 bits per heavy atom. The lowest BCUT2D eigenvalue weighted by molar-refractivity contribution is 0.0262. The van der Waals surface area contributed by atoms with Crippen LogP contribution in [0.25, 0.3) is 0 Å².